The molecule has 0 bridgehead atoms. The van der Waals surface area contributed by atoms with Gasteiger partial charge in [0, 0.05) is 6.92 Å². The van der Waals surface area contributed by atoms with Crippen molar-refractivity contribution in [3.05, 3.63) is 11.6 Å². The Bertz CT molecular complexity index is 293. The number of carbonyl (C=O) groups excluding carboxylic acids is 2. The number of rotatable bonds is 2. The highest BCUT2D eigenvalue weighted by Crippen LogP contribution is 2.26. The van der Waals surface area contributed by atoms with Gasteiger partial charge in [0.2, 0.25) is 0 Å². The van der Waals surface area contributed by atoms with Gasteiger partial charge in [-0.25, -0.2) is 0 Å². The van der Waals surface area contributed by atoms with Crippen LogP contribution >= 0.6 is 0 Å². The minimum atomic E-state index is -0.469. The molecule has 2 unspecified atom stereocenters. The molecule has 0 spiro atoms. The van der Waals surface area contributed by atoms with Gasteiger partial charge in [0.1, 0.15) is 6.10 Å². The zero-order chi connectivity index (χ0) is 11.4. The van der Waals surface area contributed by atoms with Crippen molar-refractivity contribution in [2.45, 2.75) is 32.8 Å². The first-order valence-electron chi connectivity index (χ1n) is 4.97. The zero-order valence-electron chi connectivity index (χ0n) is 9.28. The lowest BCUT2D eigenvalue weighted by molar-refractivity contribution is -0.156. The van der Waals surface area contributed by atoms with E-state index in [-0.39, 0.29) is 17.9 Å². The van der Waals surface area contributed by atoms with Gasteiger partial charge in [-0.2, -0.15) is 0 Å². The summed E-state index contributed by atoms with van der Waals surface area (Å²) in [4.78, 5) is 22.3. The highest BCUT2D eigenvalue weighted by Gasteiger charge is 2.32. The Morgan fingerprint density at radius 2 is 2.13 bits per heavy atom. The third-order valence-electron chi connectivity index (χ3n) is 2.50. The van der Waals surface area contributed by atoms with Crippen LogP contribution in [0.2, 0.25) is 0 Å². The molecule has 0 N–H and O–H groups in total. The van der Waals surface area contributed by atoms with Crippen LogP contribution in [0.4, 0.5) is 0 Å². The van der Waals surface area contributed by atoms with Crippen LogP contribution in [-0.2, 0) is 19.1 Å². The minimum absolute atomic E-state index is 0.315. The van der Waals surface area contributed by atoms with Crippen LogP contribution in [0.1, 0.15) is 26.7 Å². The first kappa shape index (κ1) is 11.8. The molecule has 2 atom stereocenters. The number of hydrogen-bond donors (Lipinski definition) is 0. The molecule has 0 saturated carbocycles. The predicted molar refractivity (Wildman–Crippen MR) is 54.1 cm³/mol. The van der Waals surface area contributed by atoms with Crippen molar-refractivity contribution in [3.8, 4) is 0 Å². The summed E-state index contributed by atoms with van der Waals surface area (Å²) in [6.45, 7) is 3.30. The van der Waals surface area contributed by atoms with Crippen LogP contribution in [0, 0.1) is 5.92 Å². The van der Waals surface area contributed by atoms with Crippen molar-refractivity contribution in [2.24, 2.45) is 5.92 Å². The maximum atomic E-state index is 11.4. The fraction of sp³-hybridized carbons (Fsp3) is 0.636. The number of allylic oxidation sites excluding steroid dienone is 1. The lowest BCUT2D eigenvalue weighted by Gasteiger charge is -2.26. The number of ether oxygens (including phenoxy) is 2. The third-order valence-corrected chi connectivity index (χ3v) is 2.50. The van der Waals surface area contributed by atoms with Gasteiger partial charge in [-0.1, -0.05) is 5.57 Å². The molecular formula is C11H16O4. The fourth-order valence-electron chi connectivity index (χ4n) is 1.74. The summed E-state index contributed by atoms with van der Waals surface area (Å²) in [5.74, 6) is -1.05. The molecule has 0 heterocycles. The van der Waals surface area contributed by atoms with Crippen molar-refractivity contribution in [1.29, 1.82) is 0 Å². The van der Waals surface area contributed by atoms with Crippen LogP contribution in [-0.4, -0.2) is 25.2 Å². The smallest absolute Gasteiger partial charge is 0.312 e. The van der Waals surface area contributed by atoms with Crippen molar-refractivity contribution in [2.75, 3.05) is 7.11 Å². The highest BCUT2D eigenvalue weighted by atomic mass is 16.6. The Labute approximate surface area is 89.2 Å². The number of methoxy groups -OCH3 is 1. The molecule has 1 aliphatic carbocycles. The van der Waals surface area contributed by atoms with Crippen molar-refractivity contribution < 1.29 is 19.1 Å². The van der Waals surface area contributed by atoms with Gasteiger partial charge in [-0.3, -0.25) is 9.59 Å². The summed E-state index contributed by atoms with van der Waals surface area (Å²) in [5.41, 5.74) is 1.14. The molecule has 0 fully saturated rings. The average molecular weight is 212 g/mol. The van der Waals surface area contributed by atoms with Gasteiger partial charge in [-0.05, 0) is 25.8 Å². The van der Waals surface area contributed by atoms with E-state index in [4.69, 9.17) is 4.74 Å². The van der Waals surface area contributed by atoms with Gasteiger partial charge >= 0.3 is 11.9 Å². The fourth-order valence-corrected chi connectivity index (χ4v) is 1.74. The van der Waals surface area contributed by atoms with E-state index in [1.807, 2.05) is 13.0 Å². The van der Waals surface area contributed by atoms with Crippen LogP contribution in [0.15, 0.2) is 11.6 Å². The monoisotopic (exact) mass is 212 g/mol. The van der Waals surface area contributed by atoms with E-state index in [2.05, 4.69) is 4.74 Å². The second-order valence-electron chi connectivity index (χ2n) is 3.76. The first-order chi connectivity index (χ1) is 7.04. The number of carbonyl (C=O) groups is 2. The average Bonchev–Trinajstić information content (AvgIpc) is 2.16. The lowest BCUT2D eigenvalue weighted by atomic mass is 9.88. The topological polar surface area (TPSA) is 52.6 Å². The SMILES string of the molecule is COC(=O)C1CCC(C)=CC1OC(C)=O. The molecule has 4 heteroatoms. The quantitative estimate of drug-likeness (QED) is 0.513. The second-order valence-corrected chi connectivity index (χ2v) is 3.76. The molecule has 0 saturated heterocycles. The molecule has 4 nitrogen and oxygen atoms in total. The Balaban J connectivity index is 2.78. The van der Waals surface area contributed by atoms with E-state index in [1.165, 1.54) is 14.0 Å². The van der Waals surface area contributed by atoms with E-state index in [1.54, 1.807) is 0 Å². The maximum absolute atomic E-state index is 11.4. The maximum Gasteiger partial charge on any atom is 0.312 e. The van der Waals surface area contributed by atoms with Gasteiger partial charge in [-0.15, -0.1) is 0 Å². The Kier molecular flexibility index (Phi) is 3.88. The summed E-state index contributed by atoms with van der Waals surface area (Å²) in [5, 5.41) is 0. The Morgan fingerprint density at radius 1 is 1.47 bits per heavy atom. The molecule has 0 amide bonds. The molecule has 84 valence electrons. The van der Waals surface area contributed by atoms with Gasteiger partial charge in [0.15, 0.2) is 0 Å². The summed E-state index contributed by atoms with van der Waals surface area (Å²) in [6, 6.07) is 0. The minimum Gasteiger partial charge on any atom is -0.469 e. The van der Waals surface area contributed by atoms with Gasteiger partial charge in [0.25, 0.3) is 0 Å². The van der Waals surface area contributed by atoms with Gasteiger partial charge < -0.3 is 9.47 Å². The van der Waals surface area contributed by atoms with E-state index < -0.39 is 6.10 Å². The van der Waals surface area contributed by atoms with Crippen LogP contribution < -0.4 is 0 Å². The molecule has 15 heavy (non-hydrogen) atoms. The van der Waals surface area contributed by atoms with Crippen LogP contribution in [0.5, 0.6) is 0 Å². The van der Waals surface area contributed by atoms with Crippen molar-refractivity contribution >= 4 is 11.9 Å². The summed E-state index contributed by atoms with van der Waals surface area (Å²) >= 11 is 0. The highest BCUT2D eigenvalue weighted by molar-refractivity contribution is 5.75. The standard InChI is InChI=1S/C11H16O4/c1-7-4-5-9(11(13)14-3)10(6-7)15-8(2)12/h6,9-10H,4-5H2,1-3H3. The van der Waals surface area contributed by atoms with Crippen molar-refractivity contribution in [1.82, 2.24) is 0 Å². The lowest BCUT2D eigenvalue weighted by Crippen LogP contribution is -2.34. The number of hydrogen-bond acceptors (Lipinski definition) is 4. The Morgan fingerprint density at radius 3 is 2.67 bits per heavy atom. The molecule has 0 aromatic heterocycles. The molecule has 1 rings (SSSR count). The molecule has 0 aromatic rings. The summed E-state index contributed by atoms with van der Waals surface area (Å²) in [6.07, 6.45) is 2.88. The molecule has 0 aromatic carbocycles. The summed E-state index contributed by atoms with van der Waals surface area (Å²) in [7, 11) is 1.35. The van der Waals surface area contributed by atoms with E-state index in [0.29, 0.717) is 6.42 Å². The largest absolute Gasteiger partial charge is 0.469 e. The van der Waals surface area contributed by atoms with Crippen LogP contribution in [0.25, 0.3) is 0 Å². The predicted octanol–water partition coefficient (Wildman–Crippen LogP) is 1.45. The zero-order valence-corrected chi connectivity index (χ0v) is 9.28. The Hall–Kier alpha value is -1.32. The van der Waals surface area contributed by atoms with E-state index >= 15 is 0 Å². The van der Waals surface area contributed by atoms with Crippen LogP contribution in [0.3, 0.4) is 0 Å². The van der Waals surface area contributed by atoms with Gasteiger partial charge in [0.05, 0.1) is 13.0 Å². The second kappa shape index (κ2) is 4.96. The third kappa shape index (κ3) is 3.08. The summed E-state index contributed by atoms with van der Waals surface area (Å²) < 4.78 is 9.76. The normalized spacial score (nSPS) is 25.4. The van der Waals surface area contributed by atoms with Crippen molar-refractivity contribution in [3.63, 3.8) is 0 Å². The molecule has 0 radical (unpaired) electrons. The van der Waals surface area contributed by atoms with E-state index in [9.17, 15) is 9.59 Å². The molecule has 1 aliphatic rings. The van der Waals surface area contributed by atoms with E-state index in [0.717, 1.165) is 12.0 Å². The molecular weight excluding hydrogens is 196 g/mol. The number of esters is 2. The first-order valence-corrected chi connectivity index (χ1v) is 4.97. The molecule has 0 aliphatic heterocycles.